The highest BCUT2D eigenvalue weighted by Crippen LogP contribution is 2.15. The molecule has 3 nitrogen and oxygen atoms in total. The molecule has 0 heterocycles. The molecular weight excluding hydrogens is 262 g/mol. The van der Waals surface area contributed by atoms with E-state index in [0.717, 1.165) is 11.1 Å². The van der Waals surface area contributed by atoms with Crippen molar-refractivity contribution in [2.75, 3.05) is 0 Å². The first-order valence-electron chi connectivity index (χ1n) is 7.15. The maximum Gasteiger partial charge on any atom is 0.261 e. The molecule has 0 aliphatic rings. The highest BCUT2D eigenvalue weighted by Gasteiger charge is 2.17. The molecule has 0 fully saturated rings. The molecule has 1 N–H and O–H groups in total. The van der Waals surface area contributed by atoms with Crippen molar-refractivity contribution in [1.29, 1.82) is 0 Å². The number of hydrogen-bond acceptors (Lipinski definition) is 2. The Balaban J connectivity index is 1.92. The number of ether oxygens (including phenoxy) is 1. The fraction of sp³-hybridized carbons (Fsp3) is 0.278. The molecule has 3 heteroatoms. The maximum atomic E-state index is 12.2. The van der Waals surface area contributed by atoms with Gasteiger partial charge in [0.25, 0.3) is 5.91 Å². The van der Waals surface area contributed by atoms with E-state index in [-0.39, 0.29) is 11.9 Å². The van der Waals surface area contributed by atoms with Crippen LogP contribution in [0.25, 0.3) is 0 Å². The fourth-order valence-corrected chi connectivity index (χ4v) is 2.03. The quantitative estimate of drug-likeness (QED) is 0.909. The highest BCUT2D eigenvalue weighted by atomic mass is 16.5. The molecule has 0 bridgehead atoms. The number of carbonyl (C=O) groups is 1. The van der Waals surface area contributed by atoms with E-state index in [0.29, 0.717) is 5.75 Å². The van der Waals surface area contributed by atoms with Crippen LogP contribution >= 0.6 is 0 Å². The highest BCUT2D eigenvalue weighted by molar-refractivity contribution is 5.81. The predicted molar refractivity (Wildman–Crippen MR) is 84.3 cm³/mol. The molecule has 0 aliphatic carbocycles. The fourth-order valence-electron chi connectivity index (χ4n) is 2.03. The lowest BCUT2D eigenvalue weighted by Crippen LogP contribution is -2.37. The second-order valence-electron chi connectivity index (χ2n) is 5.21. The molecule has 0 saturated heterocycles. The van der Waals surface area contributed by atoms with Gasteiger partial charge in [0.2, 0.25) is 0 Å². The zero-order valence-electron chi connectivity index (χ0n) is 12.7. The van der Waals surface area contributed by atoms with Gasteiger partial charge in [0.1, 0.15) is 5.75 Å². The van der Waals surface area contributed by atoms with Crippen LogP contribution in [0.1, 0.15) is 31.0 Å². The SMILES string of the molecule is Cc1ccc(O[C@@H](C)C(=O)N[C@@H](C)c2ccccc2)cc1. The summed E-state index contributed by atoms with van der Waals surface area (Å²) in [5.41, 5.74) is 2.24. The summed E-state index contributed by atoms with van der Waals surface area (Å²) in [5.74, 6) is 0.586. The van der Waals surface area contributed by atoms with Gasteiger partial charge in [0.05, 0.1) is 6.04 Å². The van der Waals surface area contributed by atoms with Gasteiger partial charge in [0, 0.05) is 0 Å². The number of rotatable bonds is 5. The first kappa shape index (κ1) is 15.1. The smallest absolute Gasteiger partial charge is 0.261 e. The lowest BCUT2D eigenvalue weighted by Gasteiger charge is -2.19. The third-order valence-electron chi connectivity index (χ3n) is 3.36. The van der Waals surface area contributed by atoms with E-state index in [1.165, 1.54) is 0 Å². The van der Waals surface area contributed by atoms with Crippen molar-refractivity contribution in [2.45, 2.75) is 32.9 Å². The number of carbonyl (C=O) groups excluding carboxylic acids is 1. The summed E-state index contributed by atoms with van der Waals surface area (Å²) in [5, 5.41) is 2.96. The molecule has 21 heavy (non-hydrogen) atoms. The van der Waals surface area contributed by atoms with Gasteiger partial charge < -0.3 is 10.1 Å². The first-order chi connectivity index (χ1) is 10.1. The van der Waals surface area contributed by atoms with Crippen molar-refractivity contribution in [2.24, 2.45) is 0 Å². The molecule has 2 atom stereocenters. The Morgan fingerprint density at radius 2 is 1.62 bits per heavy atom. The number of nitrogens with one attached hydrogen (secondary N) is 1. The molecule has 0 aromatic heterocycles. The van der Waals surface area contributed by atoms with Crippen LogP contribution in [0.2, 0.25) is 0 Å². The summed E-state index contributed by atoms with van der Waals surface area (Å²) in [4.78, 5) is 12.2. The molecule has 2 aromatic carbocycles. The minimum absolute atomic E-state index is 0.0391. The Bertz CT molecular complexity index is 578. The molecule has 0 saturated carbocycles. The maximum absolute atomic E-state index is 12.2. The lowest BCUT2D eigenvalue weighted by molar-refractivity contribution is -0.127. The lowest BCUT2D eigenvalue weighted by atomic mass is 10.1. The number of benzene rings is 2. The summed E-state index contributed by atoms with van der Waals surface area (Å²) in [7, 11) is 0. The zero-order valence-corrected chi connectivity index (χ0v) is 12.7. The monoisotopic (exact) mass is 283 g/mol. The molecule has 2 aromatic rings. The minimum atomic E-state index is -0.529. The van der Waals surface area contributed by atoms with Crippen molar-refractivity contribution < 1.29 is 9.53 Å². The summed E-state index contributed by atoms with van der Waals surface area (Å²) < 4.78 is 5.66. The van der Waals surface area contributed by atoms with Crippen LogP contribution in [0.15, 0.2) is 54.6 Å². The number of aryl methyl sites for hydroxylation is 1. The molecule has 0 unspecified atom stereocenters. The van der Waals surface area contributed by atoms with E-state index in [1.807, 2.05) is 68.4 Å². The average molecular weight is 283 g/mol. The van der Waals surface area contributed by atoms with E-state index in [9.17, 15) is 4.79 Å². The Morgan fingerprint density at radius 1 is 1.00 bits per heavy atom. The second kappa shape index (κ2) is 6.93. The van der Waals surface area contributed by atoms with Crippen LogP contribution in [0, 0.1) is 6.92 Å². The van der Waals surface area contributed by atoms with E-state index >= 15 is 0 Å². The van der Waals surface area contributed by atoms with Gasteiger partial charge in [-0.3, -0.25) is 4.79 Å². The van der Waals surface area contributed by atoms with Gasteiger partial charge in [0.15, 0.2) is 6.10 Å². The third-order valence-corrected chi connectivity index (χ3v) is 3.36. The van der Waals surface area contributed by atoms with Crippen LogP contribution in [-0.4, -0.2) is 12.0 Å². The van der Waals surface area contributed by atoms with Crippen molar-refractivity contribution in [3.05, 3.63) is 65.7 Å². The average Bonchev–Trinajstić information content (AvgIpc) is 2.50. The summed E-state index contributed by atoms with van der Waals surface area (Å²) in [6.45, 7) is 5.74. The van der Waals surface area contributed by atoms with Gasteiger partial charge in [-0.05, 0) is 38.5 Å². The van der Waals surface area contributed by atoms with E-state index in [4.69, 9.17) is 4.74 Å². The molecule has 0 radical (unpaired) electrons. The molecule has 1 amide bonds. The van der Waals surface area contributed by atoms with Gasteiger partial charge in [-0.15, -0.1) is 0 Å². The largest absolute Gasteiger partial charge is 0.481 e. The molecule has 0 spiro atoms. The molecular formula is C18H21NO2. The van der Waals surface area contributed by atoms with E-state index < -0.39 is 6.10 Å². The molecule has 110 valence electrons. The Morgan fingerprint density at radius 3 is 2.24 bits per heavy atom. The zero-order chi connectivity index (χ0) is 15.2. The van der Waals surface area contributed by atoms with Crippen LogP contribution < -0.4 is 10.1 Å². The standard InChI is InChI=1S/C18H21NO2/c1-13-9-11-17(12-10-13)21-15(3)18(20)19-14(2)16-7-5-4-6-8-16/h4-12,14-15H,1-3H3,(H,19,20)/t14-,15-/m0/s1. The molecule has 2 rings (SSSR count). The third kappa shape index (κ3) is 4.35. The Labute approximate surface area is 126 Å². The van der Waals surface area contributed by atoms with Gasteiger partial charge in [-0.2, -0.15) is 0 Å². The van der Waals surface area contributed by atoms with E-state index in [2.05, 4.69) is 5.32 Å². The normalized spacial score (nSPS) is 13.3. The van der Waals surface area contributed by atoms with Crippen molar-refractivity contribution >= 4 is 5.91 Å². The molecule has 0 aliphatic heterocycles. The van der Waals surface area contributed by atoms with Gasteiger partial charge >= 0.3 is 0 Å². The minimum Gasteiger partial charge on any atom is -0.481 e. The van der Waals surface area contributed by atoms with Crippen LogP contribution in [0.4, 0.5) is 0 Å². The first-order valence-corrected chi connectivity index (χ1v) is 7.15. The Hall–Kier alpha value is -2.29. The predicted octanol–water partition coefficient (Wildman–Crippen LogP) is 3.64. The van der Waals surface area contributed by atoms with Crippen LogP contribution in [0.5, 0.6) is 5.75 Å². The van der Waals surface area contributed by atoms with Gasteiger partial charge in [-0.25, -0.2) is 0 Å². The van der Waals surface area contributed by atoms with Crippen molar-refractivity contribution in [1.82, 2.24) is 5.32 Å². The van der Waals surface area contributed by atoms with Gasteiger partial charge in [-0.1, -0.05) is 48.0 Å². The summed E-state index contributed by atoms with van der Waals surface area (Å²) >= 11 is 0. The van der Waals surface area contributed by atoms with Crippen molar-refractivity contribution in [3.8, 4) is 5.75 Å². The van der Waals surface area contributed by atoms with Crippen molar-refractivity contribution in [3.63, 3.8) is 0 Å². The summed E-state index contributed by atoms with van der Waals surface area (Å²) in [6.07, 6.45) is -0.529. The number of amides is 1. The second-order valence-corrected chi connectivity index (χ2v) is 5.21. The Kier molecular flexibility index (Phi) is 4.99. The summed E-state index contributed by atoms with van der Waals surface area (Å²) in [6, 6.07) is 17.5. The van der Waals surface area contributed by atoms with E-state index in [1.54, 1.807) is 6.92 Å². The van der Waals surface area contributed by atoms with Crippen LogP contribution in [0.3, 0.4) is 0 Å². The topological polar surface area (TPSA) is 38.3 Å². The number of hydrogen-bond donors (Lipinski definition) is 1. The van der Waals surface area contributed by atoms with Crippen LogP contribution in [-0.2, 0) is 4.79 Å².